The molecule has 1 heterocycles. The van der Waals surface area contributed by atoms with Gasteiger partial charge in [0.15, 0.2) is 9.84 Å². The summed E-state index contributed by atoms with van der Waals surface area (Å²) in [5.74, 6) is 0.00183. The van der Waals surface area contributed by atoms with Crippen molar-refractivity contribution in [2.24, 2.45) is 5.92 Å². The first-order chi connectivity index (χ1) is 6.53. The van der Waals surface area contributed by atoms with Crippen LogP contribution >= 0.6 is 0 Å². The van der Waals surface area contributed by atoms with E-state index in [9.17, 15) is 13.2 Å². The Hall–Kier alpha value is -0.380. The average Bonchev–Trinajstić information content (AvgIpc) is 2.16. The average molecular weight is 216 g/mol. The first kappa shape index (κ1) is 10.1. The van der Waals surface area contributed by atoms with Crippen molar-refractivity contribution in [1.29, 1.82) is 0 Å². The molecule has 3 nitrogen and oxygen atoms in total. The maximum Gasteiger partial charge on any atom is 0.156 e. The zero-order valence-electron chi connectivity index (χ0n) is 8.40. The molecule has 14 heavy (non-hydrogen) atoms. The first-order valence-electron chi connectivity index (χ1n) is 5.29. The molecular formula is C10H16O3S. The van der Waals surface area contributed by atoms with E-state index < -0.39 is 15.1 Å². The van der Waals surface area contributed by atoms with Crippen molar-refractivity contribution in [3.8, 4) is 0 Å². The molecule has 1 saturated carbocycles. The Balaban J connectivity index is 2.35. The van der Waals surface area contributed by atoms with Gasteiger partial charge in [0.2, 0.25) is 0 Å². The molecule has 0 bridgehead atoms. The van der Waals surface area contributed by atoms with E-state index in [1.165, 1.54) is 0 Å². The lowest BCUT2D eigenvalue weighted by Crippen LogP contribution is -2.47. The maximum atomic E-state index is 11.9. The predicted molar refractivity (Wildman–Crippen MR) is 53.8 cm³/mol. The monoisotopic (exact) mass is 216 g/mol. The maximum absolute atomic E-state index is 11.9. The fourth-order valence-corrected chi connectivity index (χ4v) is 4.94. The molecule has 4 heteroatoms. The van der Waals surface area contributed by atoms with Gasteiger partial charge in [0, 0.05) is 12.3 Å². The minimum absolute atomic E-state index is 0.176. The predicted octanol–water partition coefficient (Wildman–Crippen LogP) is 1.32. The van der Waals surface area contributed by atoms with E-state index in [0.29, 0.717) is 6.42 Å². The molecule has 0 aromatic rings. The van der Waals surface area contributed by atoms with Crippen LogP contribution in [0.5, 0.6) is 0 Å². The van der Waals surface area contributed by atoms with Crippen LogP contribution in [0, 0.1) is 5.92 Å². The number of Topliss-reactive ketones (excluding diaryl/α,β-unsaturated/α-hetero) is 1. The minimum atomic E-state index is -3.02. The highest BCUT2D eigenvalue weighted by Crippen LogP contribution is 2.37. The molecule has 2 aliphatic rings. The van der Waals surface area contributed by atoms with Gasteiger partial charge in [-0.15, -0.1) is 0 Å². The van der Waals surface area contributed by atoms with Crippen molar-refractivity contribution in [3.63, 3.8) is 0 Å². The van der Waals surface area contributed by atoms with Gasteiger partial charge in [0.1, 0.15) is 5.78 Å². The van der Waals surface area contributed by atoms with E-state index in [-0.39, 0.29) is 23.4 Å². The molecule has 0 amide bonds. The lowest BCUT2D eigenvalue weighted by atomic mass is 9.84. The summed E-state index contributed by atoms with van der Waals surface area (Å²) < 4.78 is 23.9. The molecule has 1 aliphatic carbocycles. The van der Waals surface area contributed by atoms with Crippen LogP contribution in [0.3, 0.4) is 0 Å². The van der Waals surface area contributed by atoms with Gasteiger partial charge in [-0.05, 0) is 19.8 Å². The molecule has 0 aromatic heterocycles. The van der Waals surface area contributed by atoms with E-state index in [2.05, 4.69) is 0 Å². The third-order valence-corrected chi connectivity index (χ3v) is 6.28. The Morgan fingerprint density at radius 2 is 1.86 bits per heavy atom. The van der Waals surface area contributed by atoms with Gasteiger partial charge in [0.25, 0.3) is 0 Å². The van der Waals surface area contributed by atoms with Crippen molar-refractivity contribution in [2.45, 2.75) is 49.5 Å². The third kappa shape index (κ3) is 1.40. The van der Waals surface area contributed by atoms with Crippen LogP contribution in [-0.2, 0) is 14.6 Å². The molecule has 3 atom stereocenters. The Kier molecular flexibility index (Phi) is 2.41. The Morgan fingerprint density at radius 3 is 2.57 bits per heavy atom. The van der Waals surface area contributed by atoms with Crippen LogP contribution in [0.2, 0.25) is 0 Å². The summed E-state index contributed by atoms with van der Waals surface area (Å²) in [4.78, 5) is 11.7. The number of hydrogen-bond donors (Lipinski definition) is 0. The standard InChI is InChI=1S/C10H16O3S/c1-7-6-9(11)8-4-2-3-5-10(8)14(7,12)13/h7-8,10H,2-6H2,1H3/t7-,8-,10+/m1/s1. The summed E-state index contributed by atoms with van der Waals surface area (Å²) in [6, 6.07) is 0. The molecule has 0 N–H and O–H groups in total. The molecule has 80 valence electrons. The van der Waals surface area contributed by atoms with Gasteiger partial charge >= 0.3 is 0 Å². The zero-order valence-corrected chi connectivity index (χ0v) is 9.22. The fourth-order valence-electron chi connectivity index (χ4n) is 2.71. The summed E-state index contributed by atoms with van der Waals surface area (Å²) in [6.45, 7) is 1.66. The highest BCUT2D eigenvalue weighted by molar-refractivity contribution is 7.92. The third-order valence-electron chi connectivity index (χ3n) is 3.59. The van der Waals surface area contributed by atoms with Crippen LogP contribution in [0.15, 0.2) is 0 Å². The summed E-state index contributed by atoms with van der Waals surface area (Å²) in [7, 11) is -3.02. The lowest BCUT2D eigenvalue weighted by Gasteiger charge is -2.36. The zero-order chi connectivity index (χ0) is 10.3. The fraction of sp³-hybridized carbons (Fsp3) is 0.900. The van der Waals surface area contributed by atoms with Gasteiger partial charge in [-0.2, -0.15) is 0 Å². The van der Waals surface area contributed by atoms with Gasteiger partial charge in [-0.1, -0.05) is 12.8 Å². The van der Waals surface area contributed by atoms with Gasteiger partial charge < -0.3 is 0 Å². The number of rotatable bonds is 0. The second-order valence-corrected chi connectivity index (χ2v) is 7.09. The van der Waals surface area contributed by atoms with E-state index in [1.54, 1.807) is 6.92 Å². The first-order valence-corrected chi connectivity index (χ1v) is 6.90. The molecular weight excluding hydrogens is 200 g/mol. The second-order valence-electron chi connectivity index (χ2n) is 4.50. The number of hydrogen-bond acceptors (Lipinski definition) is 3. The van der Waals surface area contributed by atoms with Gasteiger partial charge in [-0.3, -0.25) is 4.79 Å². The van der Waals surface area contributed by atoms with Crippen molar-refractivity contribution in [1.82, 2.24) is 0 Å². The van der Waals surface area contributed by atoms with Crippen molar-refractivity contribution in [3.05, 3.63) is 0 Å². The molecule has 2 rings (SSSR count). The molecule has 1 saturated heterocycles. The quantitative estimate of drug-likeness (QED) is 0.613. The minimum Gasteiger partial charge on any atom is -0.299 e. The SMILES string of the molecule is C[C@@H]1CC(=O)[C@H]2CCCC[C@@H]2S1(=O)=O. The highest BCUT2D eigenvalue weighted by Gasteiger charge is 2.46. The molecule has 2 fully saturated rings. The Bertz CT molecular complexity index is 344. The molecule has 0 unspecified atom stereocenters. The normalized spacial score (nSPS) is 41.8. The summed E-state index contributed by atoms with van der Waals surface area (Å²) in [6.07, 6.45) is 3.69. The molecule has 1 aliphatic heterocycles. The largest absolute Gasteiger partial charge is 0.299 e. The van der Waals surface area contributed by atoms with Crippen LogP contribution in [0.1, 0.15) is 39.0 Å². The Labute approximate surface area is 84.8 Å². The van der Waals surface area contributed by atoms with E-state index in [1.807, 2.05) is 0 Å². The van der Waals surface area contributed by atoms with Crippen molar-refractivity contribution in [2.75, 3.05) is 0 Å². The number of sulfone groups is 1. The summed E-state index contributed by atoms with van der Waals surface area (Å²) >= 11 is 0. The van der Waals surface area contributed by atoms with E-state index in [4.69, 9.17) is 0 Å². The molecule has 0 radical (unpaired) electrons. The summed E-state index contributed by atoms with van der Waals surface area (Å²) in [5, 5.41) is -0.804. The van der Waals surface area contributed by atoms with Crippen LogP contribution in [0.4, 0.5) is 0 Å². The topological polar surface area (TPSA) is 51.2 Å². The van der Waals surface area contributed by atoms with E-state index in [0.717, 1.165) is 19.3 Å². The molecule has 0 spiro atoms. The summed E-state index contributed by atoms with van der Waals surface area (Å²) in [5.41, 5.74) is 0. The molecule has 0 aromatic carbocycles. The highest BCUT2D eigenvalue weighted by atomic mass is 32.2. The number of carbonyl (C=O) groups excluding carboxylic acids is 1. The number of carbonyl (C=O) groups is 1. The van der Waals surface area contributed by atoms with Gasteiger partial charge in [-0.25, -0.2) is 8.42 Å². The Morgan fingerprint density at radius 1 is 1.21 bits per heavy atom. The van der Waals surface area contributed by atoms with Crippen molar-refractivity contribution < 1.29 is 13.2 Å². The van der Waals surface area contributed by atoms with Crippen LogP contribution < -0.4 is 0 Å². The second kappa shape index (κ2) is 3.33. The van der Waals surface area contributed by atoms with Crippen molar-refractivity contribution >= 4 is 15.6 Å². The smallest absolute Gasteiger partial charge is 0.156 e. The lowest BCUT2D eigenvalue weighted by molar-refractivity contribution is -0.124. The van der Waals surface area contributed by atoms with Crippen LogP contribution in [-0.4, -0.2) is 24.7 Å². The number of ketones is 1. The van der Waals surface area contributed by atoms with E-state index >= 15 is 0 Å². The number of fused-ring (bicyclic) bond motifs is 1. The van der Waals surface area contributed by atoms with Crippen LogP contribution in [0.25, 0.3) is 0 Å². The van der Waals surface area contributed by atoms with Gasteiger partial charge in [0.05, 0.1) is 10.5 Å².